The molecule has 0 bridgehead atoms. The molecule has 0 radical (unpaired) electrons. The number of hydrogen-bond acceptors (Lipinski definition) is 2. The molecule has 0 aliphatic heterocycles. The molecule has 0 amide bonds. The zero-order valence-corrected chi connectivity index (χ0v) is 12.9. The zero-order chi connectivity index (χ0) is 15.9. The summed E-state index contributed by atoms with van der Waals surface area (Å²) in [5.41, 5.74) is 4.86. The highest BCUT2D eigenvalue weighted by atomic mass is 14.8. The Bertz CT molecular complexity index is 838. The zero-order valence-electron chi connectivity index (χ0n) is 12.9. The van der Waals surface area contributed by atoms with Crippen LogP contribution >= 0.6 is 0 Å². The van der Waals surface area contributed by atoms with Crippen molar-refractivity contribution in [3.8, 4) is 17.2 Å². The Labute approximate surface area is 136 Å². The lowest BCUT2D eigenvalue weighted by Crippen LogP contribution is -2.05. The van der Waals surface area contributed by atoms with E-state index >= 15 is 0 Å². The smallest absolute Gasteiger partial charge is 0.0640 e. The van der Waals surface area contributed by atoms with Crippen LogP contribution in [0.5, 0.6) is 0 Å². The number of nitrogens with zero attached hydrogens (tertiary/aromatic N) is 1. The lowest BCUT2D eigenvalue weighted by Gasteiger charge is -2.03. The van der Waals surface area contributed by atoms with Crippen LogP contribution in [-0.2, 0) is 6.42 Å². The summed E-state index contributed by atoms with van der Waals surface area (Å²) in [7, 11) is 0. The summed E-state index contributed by atoms with van der Waals surface area (Å²) in [5, 5.41) is 12.9. The Morgan fingerprint density at radius 2 is 1.83 bits per heavy atom. The first kappa shape index (κ1) is 14.9. The van der Waals surface area contributed by atoms with Gasteiger partial charge in [-0.3, -0.25) is 0 Å². The van der Waals surface area contributed by atoms with Crippen molar-refractivity contribution in [2.75, 3.05) is 6.54 Å². The molecule has 0 unspecified atom stereocenters. The van der Waals surface area contributed by atoms with E-state index in [9.17, 15) is 0 Å². The second-order valence-corrected chi connectivity index (χ2v) is 5.36. The first-order valence-electron chi connectivity index (χ1n) is 7.80. The molecule has 23 heavy (non-hydrogen) atoms. The van der Waals surface area contributed by atoms with Gasteiger partial charge in [-0.25, -0.2) is 0 Å². The number of rotatable bonds is 6. The Morgan fingerprint density at radius 3 is 2.65 bits per heavy atom. The SMILES string of the molecule is N#CCCNC=CCc1[nH]c2ccccc2c1-c1ccccc1. The average Bonchev–Trinajstić information content (AvgIpc) is 2.97. The fraction of sp³-hybridized carbons (Fsp3) is 0.150. The van der Waals surface area contributed by atoms with Gasteiger partial charge in [-0.1, -0.05) is 54.6 Å². The second-order valence-electron chi connectivity index (χ2n) is 5.36. The minimum Gasteiger partial charge on any atom is -0.390 e. The number of H-pyrrole nitrogens is 1. The number of allylic oxidation sites excluding steroid dienone is 1. The van der Waals surface area contributed by atoms with Gasteiger partial charge in [0.2, 0.25) is 0 Å². The van der Waals surface area contributed by atoms with Gasteiger partial charge >= 0.3 is 0 Å². The van der Waals surface area contributed by atoms with Gasteiger partial charge in [-0.05, 0) is 17.8 Å². The van der Waals surface area contributed by atoms with Crippen molar-refractivity contribution < 1.29 is 0 Å². The standard InChI is InChI=1S/C20H19N3/c21-13-7-15-22-14-6-12-19-20(16-8-2-1-3-9-16)17-10-4-5-11-18(17)23-19/h1-6,8-11,14,22-23H,7,12,15H2. The van der Waals surface area contributed by atoms with Crippen LogP contribution in [0, 0.1) is 11.3 Å². The first-order chi connectivity index (χ1) is 11.4. The summed E-state index contributed by atoms with van der Waals surface area (Å²) in [5.74, 6) is 0. The quantitative estimate of drug-likeness (QED) is 0.663. The van der Waals surface area contributed by atoms with Crippen molar-refractivity contribution in [1.29, 1.82) is 5.26 Å². The van der Waals surface area contributed by atoms with Crippen LogP contribution in [0.3, 0.4) is 0 Å². The molecule has 1 aromatic heterocycles. The summed E-state index contributed by atoms with van der Waals surface area (Å²) >= 11 is 0. The molecule has 0 saturated heterocycles. The van der Waals surface area contributed by atoms with Gasteiger partial charge in [-0.15, -0.1) is 0 Å². The molecule has 114 valence electrons. The summed E-state index contributed by atoms with van der Waals surface area (Å²) in [6.45, 7) is 0.686. The van der Waals surface area contributed by atoms with Gasteiger partial charge in [0.05, 0.1) is 12.5 Å². The second kappa shape index (κ2) is 7.33. The largest absolute Gasteiger partial charge is 0.390 e. The number of aromatic nitrogens is 1. The van der Waals surface area contributed by atoms with Crippen molar-refractivity contribution >= 4 is 10.9 Å². The topological polar surface area (TPSA) is 51.6 Å². The number of para-hydroxylation sites is 1. The van der Waals surface area contributed by atoms with Crippen LogP contribution in [0.25, 0.3) is 22.0 Å². The van der Waals surface area contributed by atoms with Crippen molar-refractivity contribution in [2.24, 2.45) is 0 Å². The van der Waals surface area contributed by atoms with Crippen molar-refractivity contribution in [3.05, 3.63) is 72.6 Å². The van der Waals surface area contributed by atoms with Crippen LogP contribution in [0.4, 0.5) is 0 Å². The Balaban J connectivity index is 1.89. The molecule has 0 aliphatic carbocycles. The number of nitrogens with one attached hydrogen (secondary N) is 2. The molecule has 1 heterocycles. The molecule has 0 fully saturated rings. The number of benzene rings is 2. The van der Waals surface area contributed by atoms with E-state index in [-0.39, 0.29) is 0 Å². The fourth-order valence-electron chi connectivity index (χ4n) is 2.76. The predicted molar refractivity (Wildman–Crippen MR) is 94.8 cm³/mol. The van der Waals surface area contributed by atoms with Gasteiger partial charge in [0.1, 0.15) is 0 Å². The molecule has 2 aromatic carbocycles. The van der Waals surface area contributed by atoms with E-state index in [1.165, 1.54) is 22.2 Å². The Kier molecular flexibility index (Phi) is 4.76. The highest BCUT2D eigenvalue weighted by molar-refractivity contribution is 5.97. The molecule has 3 rings (SSSR count). The van der Waals surface area contributed by atoms with Gasteiger partial charge in [-0.2, -0.15) is 5.26 Å². The van der Waals surface area contributed by atoms with E-state index in [0.717, 1.165) is 11.9 Å². The lowest BCUT2D eigenvalue weighted by atomic mass is 10.0. The molecular weight excluding hydrogens is 282 g/mol. The maximum Gasteiger partial charge on any atom is 0.0640 e. The van der Waals surface area contributed by atoms with E-state index in [2.05, 4.69) is 71.0 Å². The third kappa shape index (κ3) is 3.44. The summed E-state index contributed by atoms with van der Waals surface area (Å²) in [4.78, 5) is 3.53. The summed E-state index contributed by atoms with van der Waals surface area (Å²) < 4.78 is 0. The van der Waals surface area contributed by atoms with Gasteiger partial charge in [0, 0.05) is 35.1 Å². The van der Waals surface area contributed by atoms with Crippen molar-refractivity contribution in [1.82, 2.24) is 10.3 Å². The summed E-state index contributed by atoms with van der Waals surface area (Å²) in [6.07, 6.45) is 5.36. The molecule has 3 nitrogen and oxygen atoms in total. The van der Waals surface area contributed by atoms with Crippen LogP contribution < -0.4 is 5.32 Å². The van der Waals surface area contributed by atoms with Crippen LogP contribution in [0.1, 0.15) is 12.1 Å². The van der Waals surface area contributed by atoms with Crippen molar-refractivity contribution in [3.63, 3.8) is 0 Å². The molecule has 3 aromatic rings. The normalized spacial score (nSPS) is 10.9. The fourth-order valence-corrected chi connectivity index (χ4v) is 2.76. The van der Waals surface area contributed by atoms with Gasteiger partial charge in [0.15, 0.2) is 0 Å². The molecule has 2 N–H and O–H groups in total. The number of hydrogen-bond donors (Lipinski definition) is 2. The average molecular weight is 301 g/mol. The monoisotopic (exact) mass is 301 g/mol. The highest BCUT2D eigenvalue weighted by Crippen LogP contribution is 2.32. The molecule has 0 aliphatic rings. The van der Waals surface area contributed by atoms with Crippen LogP contribution in [0.2, 0.25) is 0 Å². The van der Waals surface area contributed by atoms with Gasteiger partial charge < -0.3 is 10.3 Å². The third-order valence-electron chi connectivity index (χ3n) is 3.79. The molecule has 3 heteroatoms. The van der Waals surface area contributed by atoms with E-state index < -0.39 is 0 Å². The maximum absolute atomic E-state index is 8.52. The molecule has 0 saturated carbocycles. The first-order valence-corrected chi connectivity index (χ1v) is 7.80. The minimum absolute atomic E-state index is 0.520. The Hall–Kier alpha value is -2.99. The van der Waals surface area contributed by atoms with E-state index in [1.54, 1.807) is 0 Å². The lowest BCUT2D eigenvalue weighted by molar-refractivity contribution is 0.854. The minimum atomic E-state index is 0.520. The molecule has 0 atom stereocenters. The molecule has 0 spiro atoms. The van der Waals surface area contributed by atoms with Crippen LogP contribution in [0.15, 0.2) is 66.9 Å². The highest BCUT2D eigenvalue weighted by Gasteiger charge is 2.11. The van der Waals surface area contributed by atoms with Gasteiger partial charge in [0.25, 0.3) is 0 Å². The number of fused-ring (bicyclic) bond motifs is 1. The van der Waals surface area contributed by atoms with E-state index in [0.29, 0.717) is 13.0 Å². The van der Waals surface area contributed by atoms with E-state index in [1.807, 2.05) is 12.3 Å². The number of aromatic amines is 1. The summed E-state index contributed by atoms with van der Waals surface area (Å²) in [6, 6.07) is 21.0. The van der Waals surface area contributed by atoms with E-state index in [4.69, 9.17) is 5.26 Å². The van der Waals surface area contributed by atoms with Crippen LogP contribution in [-0.4, -0.2) is 11.5 Å². The Morgan fingerprint density at radius 1 is 1.04 bits per heavy atom. The predicted octanol–water partition coefficient (Wildman–Crippen LogP) is 4.39. The third-order valence-corrected chi connectivity index (χ3v) is 3.79. The number of nitriles is 1. The van der Waals surface area contributed by atoms with Crippen molar-refractivity contribution in [2.45, 2.75) is 12.8 Å². The maximum atomic E-state index is 8.52. The molecular formula is C20H19N3.